The molecule has 2 aromatic rings. The lowest BCUT2D eigenvalue weighted by Gasteiger charge is -2.20. The smallest absolute Gasteiger partial charge is 0.141 e. The molecule has 1 heterocycles. The third kappa shape index (κ3) is 3.87. The van der Waals surface area contributed by atoms with Crippen molar-refractivity contribution in [2.45, 2.75) is 39.3 Å². The van der Waals surface area contributed by atoms with E-state index in [2.05, 4.69) is 55.3 Å². The predicted octanol–water partition coefficient (Wildman–Crippen LogP) is 3.81. The molecule has 1 aromatic carbocycles. The monoisotopic (exact) mass is 272 g/mol. The Morgan fingerprint density at radius 3 is 2.55 bits per heavy atom. The number of nitrogens with one attached hydrogen (secondary N) is 1. The fourth-order valence-corrected chi connectivity index (χ4v) is 2.38. The fourth-order valence-electron chi connectivity index (χ4n) is 2.38. The molecule has 1 aromatic heterocycles. The molecule has 0 aliphatic heterocycles. The summed E-state index contributed by atoms with van der Waals surface area (Å²) >= 11 is 0. The SMILES string of the molecule is Cc1ccccc1CC(C)NC(C)c1ccc(F)cn1. The Kier molecular flexibility index (Phi) is 4.85. The van der Waals surface area contributed by atoms with Crippen molar-refractivity contribution in [1.82, 2.24) is 10.3 Å². The number of aromatic nitrogens is 1. The molecule has 0 saturated carbocycles. The van der Waals surface area contributed by atoms with E-state index in [1.165, 1.54) is 23.4 Å². The van der Waals surface area contributed by atoms with Crippen LogP contribution in [0.15, 0.2) is 42.6 Å². The summed E-state index contributed by atoms with van der Waals surface area (Å²) in [5, 5.41) is 3.51. The zero-order chi connectivity index (χ0) is 14.5. The average Bonchev–Trinajstić information content (AvgIpc) is 2.42. The number of hydrogen-bond donors (Lipinski definition) is 1. The molecule has 2 unspecified atom stereocenters. The molecule has 0 radical (unpaired) electrons. The summed E-state index contributed by atoms with van der Waals surface area (Å²) in [6.07, 6.45) is 2.23. The second-order valence-corrected chi connectivity index (χ2v) is 5.32. The molecule has 0 aliphatic rings. The summed E-state index contributed by atoms with van der Waals surface area (Å²) in [6.45, 7) is 6.34. The van der Waals surface area contributed by atoms with Crippen LogP contribution >= 0.6 is 0 Å². The topological polar surface area (TPSA) is 24.9 Å². The van der Waals surface area contributed by atoms with Gasteiger partial charge in [0, 0.05) is 12.1 Å². The molecular weight excluding hydrogens is 251 g/mol. The third-order valence-corrected chi connectivity index (χ3v) is 3.52. The van der Waals surface area contributed by atoms with E-state index in [9.17, 15) is 4.39 Å². The number of aryl methyl sites for hydroxylation is 1. The van der Waals surface area contributed by atoms with Crippen molar-refractivity contribution in [3.05, 3.63) is 65.2 Å². The first-order chi connectivity index (χ1) is 9.56. The molecule has 0 saturated heterocycles. The van der Waals surface area contributed by atoms with Crippen LogP contribution in [0, 0.1) is 12.7 Å². The van der Waals surface area contributed by atoms with E-state index < -0.39 is 0 Å². The Bertz CT molecular complexity index is 551. The Labute approximate surface area is 120 Å². The van der Waals surface area contributed by atoms with Crippen molar-refractivity contribution in [2.24, 2.45) is 0 Å². The highest BCUT2D eigenvalue weighted by molar-refractivity contribution is 5.26. The number of benzene rings is 1. The standard InChI is InChI=1S/C17H21FN2/c1-12-6-4-5-7-15(12)10-13(2)20-14(3)17-9-8-16(18)11-19-17/h4-9,11,13-14,20H,10H2,1-3H3. The van der Waals surface area contributed by atoms with Crippen molar-refractivity contribution >= 4 is 0 Å². The maximum atomic E-state index is 12.9. The van der Waals surface area contributed by atoms with Crippen LogP contribution in [0.25, 0.3) is 0 Å². The predicted molar refractivity (Wildman–Crippen MR) is 80.1 cm³/mol. The highest BCUT2D eigenvalue weighted by atomic mass is 19.1. The first kappa shape index (κ1) is 14.7. The van der Waals surface area contributed by atoms with Gasteiger partial charge in [0.25, 0.3) is 0 Å². The molecule has 2 nitrogen and oxygen atoms in total. The van der Waals surface area contributed by atoms with E-state index in [1.807, 2.05) is 0 Å². The minimum absolute atomic E-state index is 0.106. The Morgan fingerprint density at radius 1 is 1.15 bits per heavy atom. The van der Waals surface area contributed by atoms with Gasteiger partial charge in [0.05, 0.1) is 11.9 Å². The van der Waals surface area contributed by atoms with Crippen LogP contribution in [0.1, 0.15) is 36.7 Å². The van der Waals surface area contributed by atoms with Gasteiger partial charge in [0.2, 0.25) is 0 Å². The van der Waals surface area contributed by atoms with Crippen LogP contribution in [0.5, 0.6) is 0 Å². The number of nitrogens with zero attached hydrogens (tertiary/aromatic N) is 1. The lowest BCUT2D eigenvalue weighted by molar-refractivity contribution is 0.468. The van der Waals surface area contributed by atoms with Crippen LogP contribution < -0.4 is 5.32 Å². The zero-order valence-electron chi connectivity index (χ0n) is 12.2. The maximum Gasteiger partial charge on any atom is 0.141 e. The molecule has 3 heteroatoms. The summed E-state index contributed by atoms with van der Waals surface area (Å²) in [4.78, 5) is 4.12. The van der Waals surface area contributed by atoms with Gasteiger partial charge in [-0.25, -0.2) is 4.39 Å². The van der Waals surface area contributed by atoms with Gasteiger partial charge in [-0.2, -0.15) is 0 Å². The first-order valence-electron chi connectivity index (χ1n) is 6.98. The van der Waals surface area contributed by atoms with Crippen LogP contribution in [-0.4, -0.2) is 11.0 Å². The largest absolute Gasteiger partial charge is 0.306 e. The molecule has 0 aliphatic carbocycles. The third-order valence-electron chi connectivity index (χ3n) is 3.52. The molecule has 0 fully saturated rings. The second-order valence-electron chi connectivity index (χ2n) is 5.32. The average molecular weight is 272 g/mol. The van der Waals surface area contributed by atoms with Gasteiger partial charge in [-0.05, 0) is 50.5 Å². The maximum absolute atomic E-state index is 12.9. The van der Waals surface area contributed by atoms with Crippen molar-refractivity contribution < 1.29 is 4.39 Å². The number of halogens is 1. The van der Waals surface area contributed by atoms with E-state index in [4.69, 9.17) is 0 Å². The summed E-state index contributed by atoms with van der Waals surface area (Å²) in [6, 6.07) is 12.0. The first-order valence-corrected chi connectivity index (χ1v) is 6.98. The summed E-state index contributed by atoms with van der Waals surface area (Å²) in [7, 11) is 0. The van der Waals surface area contributed by atoms with Gasteiger partial charge >= 0.3 is 0 Å². The van der Waals surface area contributed by atoms with Gasteiger partial charge < -0.3 is 5.32 Å². The molecule has 0 bridgehead atoms. The molecule has 0 amide bonds. The van der Waals surface area contributed by atoms with Crippen LogP contribution in [0.2, 0.25) is 0 Å². The van der Waals surface area contributed by atoms with Gasteiger partial charge in [0.1, 0.15) is 5.82 Å². The van der Waals surface area contributed by atoms with Crippen LogP contribution in [-0.2, 0) is 6.42 Å². The van der Waals surface area contributed by atoms with Crippen LogP contribution in [0.3, 0.4) is 0 Å². The van der Waals surface area contributed by atoms with Crippen molar-refractivity contribution in [1.29, 1.82) is 0 Å². The molecule has 2 rings (SSSR count). The summed E-state index contributed by atoms with van der Waals surface area (Å²) in [5.74, 6) is -0.297. The summed E-state index contributed by atoms with van der Waals surface area (Å²) < 4.78 is 12.9. The van der Waals surface area contributed by atoms with E-state index in [-0.39, 0.29) is 11.9 Å². The quantitative estimate of drug-likeness (QED) is 0.895. The van der Waals surface area contributed by atoms with E-state index >= 15 is 0 Å². The molecule has 20 heavy (non-hydrogen) atoms. The molecule has 2 atom stereocenters. The lowest BCUT2D eigenvalue weighted by atomic mass is 10.0. The van der Waals surface area contributed by atoms with Crippen molar-refractivity contribution in [2.75, 3.05) is 0 Å². The highest BCUT2D eigenvalue weighted by Crippen LogP contribution is 2.14. The van der Waals surface area contributed by atoms with Gasteiger partial charge in [-0.15, -0.1) is 0 Å². The van der Waals surface area contributed by atoms with Crippen molar-refractivity contribution in [3.63, 3.8) is 0 Å². The molecule has 0 spiro atoms. The normalized spacial score (nSPS) is 14.0. The van der Waals surface area contributed by atoms with E-state index in [0.29, 0.717) is 6.04 Å². The molecule has 106 valence electrons. The van der Waals surface area contributed by atoms with Gasteiger partial charge in [0.15, 0.2) is 0 Å². The highest BCUT2D eigenvalue weighted by Gasteiger charge is 2.12. The van der Waals surface area contributed by atoms with E-state index in [0.717, 1.165) is 12.1 Å². The van der Waals surface area contributed by atoms with Crippen molar-refractivity contribution in [3.8, 4) is 0 Å². The van der Waals surface area contributed by atoms with E-state index in [1.54, 1.807) is 6.07 Å². The minimum Gasteiger partial charge on any atom is -0.306 e. The minimum atomic E-state index is -0.297. The number of rotatable bonds is 5. The van der Waals surface area contributed by atoms with Crippen LogP contribution in [0.4, 0.5) is 4.39 Å². The fraction of sp³-hybridized carbons (Fsp3) is 0.353. The Morgan fingerprint density at radius 2 is 1.90 bits per heavy atom. The van der Waals surface area contributed by atoms with Gasteiger partial charge in [-0.1, -0.05) is 24.3 Å². The lowest BCUT2D eigenvalue weighted by Crippen LogP contribution is -2.31. The second kappa shape index (κ2) is 6.62. The molecule has 1 N–H and O–H groups in total. The number of pyridine rings is 1. The summed E-state index contributed by atoms with van der Waals surface area (Å²) in [5.41, 5.74) is 3.53. The number of hydrogen-bond acceptors (Lipinski definition) is 2. The van der Waals surface area contributed by atoms with Gasteiger partial charge in [-0.3, -0.25) is 4.98 Å². The zero-order valence-corrected chi connectivity index (χ0v) is 12.2. The Balaban J connectivity index is 1.96. The molecular formula is C17H21FN2. The Hall–Kier alpha value is -1.74.